The number of anilines is 1. The van der Waals surface area contributed by atoms with Gasteiger partial charge >= 0.3 is 6.03 Å². The van der Waals surface area contributed by atoms with Gasteiger partial charge in [-0.15, -0.1) is 0 Å². The molecule has 2 heterocycles. The van der Waals surface area contributed by atoms with E-state index >= 15 is 0 Å². The van der Waals surface area contributed by atoms with Gasteiger partial charge in [-0.2, -0.15) is 4.31 Å². The minimum absolute atomic E-state index is 0.0152. The number of amides is 3. The zero-order valence-electron chi connectivity index (χ0n) is 17.3. The minimum Gasteiger partial charge on any atom is -0.372 e. The number of sulfonamides is 1. The Kier molecular flexibility index (Phi) is 6.79. The van der Waals surface area contributed by atoms with Crippen LogP contribution in [0.5, 0.6) is 0 Å². The quantitative estimate of drug-likeness (QED) is 0.719. The summed E-state index contributed by atoms with van der Waals surface area (Å²) in [6.07, 6.45) is 1.11. The van der Waals surface area contributed by atoms with E-state index in [0.29, 0.717) is 31.9 Å². The molecule has 9 nitrogen and oxygen atoms in total. The summed E-state index contributed by atoms with van der Waals surface area (Å²) in [5.41, 5.74) is 0.489. The van der Waals surface area contributed by atoms with Crippen LogP contribution < -0.4 is 5.32 Å². The topological polar surface area (TPSA) is 99.3 Å². The molecule has 3 rings (SSSR count). The average Bonchev–Trinajstić information content (AvgIpc) is 2.73. The number of hydrogen-bond acceptors (Lipinski definition) is 5. The van der Waals surface area contributed by atoms with Crippen LogP contribution >= 0.6 is 0 Å². The van der Waals surface area contributed by atoms with Crippen LogP contribution in [0.3, 0.4) is 0 Å². The van der Waals surface area contributed by atoms with E-state index in [4.69, 9.17) is 4.74 Å². The van der Waals surface area contributed by atoms with Crippen LogP contribution in [0.4, 0.5) is 10.5 Å². The first kappa shape index (κ1) is 22.3. The Morgan fingerprint density at radius 2 is 1.60 bits per heavy atom. The number of urea groups is 1. The van der Waals surface area contributed by atoms with E-state index in [1.165, 1.54) is 28.6 Å². The highest BCUT2D eigenvalue weighted by Gasteiger charge is 2.34. The van der Waals surface area contributed by atoms with Crippen molar-refractivity contribution in [1.82, 2.24) is 14.1 Å². The number of hydrogen-bond donors (Lipinski definition) is 1. The number of benzene rings is 1. The third-order valence-corrected chi connectivity index (χ3v) is 7.06. The van der Waals surface area contributed by atoms with E-state index in [-0.39, 0.29) is 42.1 Å². The molecule has 2 aliphatic rings. The van der Waals surface area contributed by atoms with Crippen molar-refractivity contribution in [2.75, 3.05) is 44.6 Å². The Morgan fingerprint density at radius 3 is 2.13 bits per heavy atom. The number of nitrogens with one attached hydrogen (secondary N) is 1. The summed E-state index contributed by atoms with van der Waals surface area (Å²) in [5.74, 6) is -0.365. The summed E-state index contributed by atoms with van der Waals surface area (Å²) in [6.45, 7) is 9.48. The average molecular weight is 437 g/mol. The maximum absolute atomic E-state index is 12.9. The first-order chi connectivity index (χ1) is 14.2. The molecule has 3 amide bonds. The van der Waals surface area contributed by atoms with Crippen molar-refractivity contribution in [3.63, 3.8) is 0 Å². The Hall–Kier alpha value is -2.43. The minimum atomic E-state index is -3.68. The molecule has 2 saturated heterocycles. The van der Waals surface area contributed by atoms with Crippen molar-refractivity contribution in [1.29, 1.82) is 0 Å². The summed E-state index contributed by atoms with van der Waals surface area (Å²) >= 11 is 0. The molecule has 0 aliphatic carbocycles. The van der Waals surface area contributed by atoms with Crippen LogP contribution in [0.2, 0.25) is 0 Å². The Labute approximate surface area is 177 Å². The molecule has 10 heteroatoms. The first-order valence-corrected chi connectivity index (χ1v) is 11.4. The number of morpholine rings is 1. The highest BCUT2D eigenvalue weighted by molar-refractivity contribution is 7.89. The summed E-state index contributed by atoms with van der Waals surface area (Å²) in [6, 6.07) is 5.92. The summed E-state index contributed by atoms with van der Waals surface area (Å²) in [7, 11) is -3.68. The Morgan fingerprint density at radius 1 is 1.03 bits per heavy atom. The monoisotopic (exact) mass is 436 g/mol. The molecule has 0 saturated carbocycles. The number of ether oxygens (including phenoxy) is 1. The Balaban J connectivity index is 1.60. The number of rotatable bonds is 4. The van der Waals surface area contributed by atoms with Crippen molar-refractivity contribution in [2.45, 2.75) is 31.0 Å². The van der Waals surface area contributed by atoms with Crippen molar-refractivity contribution in [3.05, 3.63) is 36.9 Å². The van der Waals surface area contributed by atoms with Crippen molar-refractivity contribution < 1.29 is 22.7 Å². The molecule has 2 atom stereocenters. The van der Waals surface area contributed by atoms with E-state index in [0.717, 1.165) is 6.08 Å². The van der Waals surface area contributed by atoms with E-state index in [1.807, 2.05) is 13.8 Å². The fraction of sp³-hybridized carbons (Fsp3) is 0.500. The summed E-state index contributed by atoms with van der Waals surface area (Å²) in [4.78, 5) is 27.8. The van der Waals surface area contributed by atoms with Crippen LogP contribution in [-0.2, 0) is 19.6 Å². The maximum atomic E-state index is 12.9. The molecule has 1 N–H and O–H groups in total. The second kappa shape index (κ2) is 9.15. The Bertz CT molecular complexity index is 884. The van der Waals surface area contributed by atoms with Gasteiger partial charge in [0.2, 0.25) is 15.9 Å². The lowest BCUT2D eigenvalue weighted by Crippen LogP contribution is -2.57. The third-order valence-electron chi connectivity index (χ3n) is 5.14. The number of piperazine rings is 1. The SMILES string of the molecule is C=CC(=O)Nc1ccc(S(=O)(=O)N2CCN(C(=O)N3CC(C)OC(C)C3)CC2)cc1. The molecule has 164 valence electrons. The van der Waals surface area contributed by atoms with E-state index in [1.54, 1.807) is 9.80 Å². The molecule has 2 fully saturated rings. The summed E-state index contributed by atoms with van der Waals surface area (Å²) in [5, 5.41) is 2.58. The second-order valence-electron chi connectivity index (χ2n) is 7.55. The molecule has 2 unspecified atom stereocenters. The van der Waals surface area contributed by atoms with Crippen LogP contribution in [-0.4, -0.2) is 85.9 Å². The van der Waals surface area contributed by atoms with Gasteiger partial charge in [-0.1, -0.05) is 6.58 Å². The molecular formula is C20H28N4O5S. The first-order valence-electron chi connectivity index (χ1n) is 9.93. The second-order valence-corrected chi connectivity index (χ2v) is 9.49. The smallest absolute Gasteiger partial charge is 0.320 e. The van der Waals surface area contributed by atoms with Crippen molar-refractivity contribution in [3.8, 4) is 0 Å². The number of carbonyl (C=O) groups excluding carboxylic acids is 2. The number of carbonyl (C=O) groups is 2. The lowest BCUT2D eigenvalue weighted by atomic mass is 10.2. The standard InChI is InChI=1S/C20H28N4O5S/c1-4-19(25)21-17-5-7-18(8-6-17)30(27,28)24-11-9-22(10-12-24)20(26)23-13-15(2)29-16(3)14-23/h4-8,15-16H,1,9-14H2,2-3H3,(H,21,25). The van der Waals surface area contributed by atoms with Gasteiger partial charge < -0.3 is 19.9 Å². The summed E-state index contributed by atoms with van der Waals surface area (Å²) < 4.78 is 32.9. The number of nitrogens with zero attached hydrogens (tertiary/aromatic N) is 3. The van der Waals surface area contributed by atoms with Gasteiger partial charge in [0, 0.05) is 45.0 Å². The van der Waals surface area contributed by atoms with E-state index in [9.17, 15) is 18.0 Å². The van der Waals surface area contributed by atoms with E-state index in [2.05, 4.69) is 11.9 Å². The zero-order chi connectivity index (χ0) is 21.9. The van der Waals surface area contributed by atoms with E-state index < -0.39 is 10.0 Å². The molecular weight excluding hydrogens is 408 g/mol. The fourth-order valence-corrected chi connectivity index (χ4v) is 5.13. The van der Waals surface area contributed by atoms with Gasteiger partial charge in [0.15, 0.2) is 0 Å². The van der Waals surface area contributed by atoms with Crippen molar-refractivity contribution in [2.24, 2.45) is 0 Å². The third kappa shape index (κ3) is 5.00. The lowest BCUT2D eigenvalue weighted by Gasteiger charge is -2.40. The predicted octanol–water partition coefficient (Wildman–Crippen LogP) is 1.35. The molecule has 30 heavy (non-hydrogen) atoms. The molecule has 2 aliphatic heterocycles. The molecule has 0 aromatic heterocycles. The molecule has 1 aromatic carbocycles. The van der Waals surface area contributed by atoms with Crippen LogP contribution in [0.15, 0.2) is 41.8 Å². The fourth-order valence-electron chi connectivity index (χ4n) is 3.71. The highest BCUT2D eigenvalue weighted by Crippen LogP contribution is 2.21. The van der Waals surface area contributed by atoms with Gasteiger partial charge in [0.25, 0.3) is 0 Å². The normalized spacial score (nSPS) is 23.1. The maximum Gasteiger partial charge on any atom is 0.320 e. The predicted molar refractivity (Wildman–Crippen MR) is 113 cm³/mol. The van der Waals surface area contributed by atoms with Gasteiger partial charge in [0.05, 0.1) is 17.1 Å². The van der Waals surface area contributed by atoms with Gasteiger partial charge in [-0.05, 0) is 44.2 Å². The molecule has 0 radical (unpaired) electrons. The lowest BCUT2D eigenvalue weighted by molar-refractivity contribution is -0.111. The van der Waals surface area contributed by atoms with Gasteiger partial charge in [-0.3, -0.25) is 4.79 Å². The molecule has 0 bridgehead atoms. The van der Waals surface area contributed by atoms with Crippen molar-refractivity contribution >= 4 is 27.6 Å². The highest BCUT2D eigenvalue weighted by atomic mass is 32.2. The van der Waals surface area contributed by atoms with Gasteiger partial charge in [0.1, 0.15) is 0 Å². The van der Waals surface area contributed by atoms with Gasteiger partial charge in [-0.25, -0.2) is 13.2 Å². The van der Waals surface area contributed by atoms with Crippen LogP contribution in [0, 0.1) is 0 Å². The largest absolute Gasteiger partial charge is 0.372 e. The van der Waals surface area contributed by atoms with Crippen LogP contribution in [0.25, 0.3) is 0 Å². The molecule has 1 aromatic rings. The van der Waals surface area contributed by atoms with Crippen LogP contribution in [0.1, 0.15) is 13.8 Å². The zero-order valence-corrected chi connectivity index (χ0v) is 18.1. The molecule has 0 spiro atoms.